The predicted molar refractivity (Wildman–Crippen MR) is 119 cm³/mol. The molecule has 0 aliphatic heterocycles. The Balaban J connectivity index is 1.96. The van der Waals surface area contributed by atoms with Gasteiger partial charge >= 0.3 is 5.97 Å². The van der Waals surface area contributed by atoms with Crippen LogP contribution in [0.25, 0.3) is 0 Å². The summed E-state index contributed by atoms with van der Waals surface area (Å²) in [6, 6.07) is 20.9. The third kappa shape index (κ3) is 5.85. The molecule has 3 aromatic carbocycles. The number of nitrogens with one attached hydrogen (secondary N) is 1. The van der Waals surface area contributed by atoms with Gasteiger partial charge in [0.1, 0.15) is 22.8 Å². The smallest absolute Gasteiger partial charge is 0.340 e. The molecule has 0 heterocycles. The van der Waals surface area contributed by atoms with Crippen LogP contribution in [0.15, 0.2) is 72.8 Å². The van der Waals surface area contributed by atoms with Crippen molar-refractivity contribution < 1.29 is 23.8 Å². The Morgan fingerprint density at radius 1 is 0.806 bits per heavy atom. The van der Waals surface area contributed by atoms with Gasteiger partial charge in [-0.1, -0.05) is 30.3 Å². The van der Waals surface area contributed by atoms with Crippen LogP contribution in [0.2, 0.25) is 0 Å². The molecule has 0 aliphatic carbocycles. The first-order chi connectivity index (χ1) is 14.8. The van der Waals surface area contributed by atoms with Gasteiger partial charge in [0.05, 0.1) is 23.9 Å². The first-order valence-electron chi connectivity index (χ1n) is 9.81. The number of para-hydroxylation sites is 2. The first kappa shape index (κ1) is 21.9. The maximum Gasteiger partial charge on any atom is 0.340 e. The van der Waals surface area contributed by atoms with Crippen molar-refractivity contribution in [3.8, 4) is 17.2 Å². The van der Waals surface area contributed by atoms with Crippen LogP contribution in [0.4, 0.5) is 5.69 Å². The molecule has 160 valence electrons. The summed E-state index contributed by atoms with van der Waals surface area (Å²) < 4.78 is 16.6. The van der Waals surface area contributed by atoms with Crippen LogP contribution >= 0.6 is 0 Å². The average Bonchev–Trinajstić information content (AvgIpc) is 2.73. The van der Waals surface area contributed by atoms with E-state index in [0.29, 0.717) is 22.8 Å². The van der Waals surface area contributed by atoms with E-state index >= 15 is 0 Å². The number of ether oxygens (including phenoxy) is 3. The molecule has 0 saturated carbocycles. The van der Waals surface area contributed by atoms with E-state index in [0.717, 1.165) is 0 Å². The largest absolute Gasteiger partial charge is 0.496 e. The summed E-state index contributed by atoms with van der Waals surface area (Å²) in [6.45, 7) is 5.35. The van der Waals surface area contributed by atoms with Crippen molar-refractivity contribution in [2.45, 2.75) is 26.4 Å². The zero-order valence-electron chi connectivity index (χ0n) is 18.0. The molecule has 6 nitrogen and oxygen atoms in total. The summed E-state index contributed by atoms with van der Waals surface area (Å²) in [5.41, 5.74) is 0.159. The minimum Gasteiger partial charge on any atom is -0.496 e. The quantitative estimate of drug-likeness (QED) is 0.519. The van der Waals surface area contributed by atoms with E-state index in [9.17, 15) is 9.59 Å². The molecular formula is C25H25NO5. The Bertz CT molecular complexity index is 1070. The van der Waals surface area contributed by atoms with Crippen molar-refractivity contribution in [3.05, 3.63) is 83.9 Å². The van der Waals surface area contributed by atoms with Crippen LogP contribution in [0.5, 0.6) is 17.2 Å². The van der Waals surface area contributed by atoms with Crippen LogP contribution in [-0.2, 0) is 4.74 Å². The van der Waals surface area contributed by atoms with Crippen molar-refractivity contribution in [1.82, 2.24) is 0 Å². The monoisotopic (exact) mass is 419 g/mol. The van der Waals surface area contributed by atoms with E-state index in [-0.39, 0.29) is 11.3 Å². The molecule has 0 bridgehead atoms. The lowest BCUT2D eigenvalue weighted by molar-refractivity contribution is 0.00708. The van der Waals surface area contributed by atoms with Crippen molar-refractivity contribution in [1.29, 1.82) is 0 Å². The fraction of sp³-hybridized carbons (Fsp3) is 0.200. The molecule has 31 heavy (non-hydrogen) atoms. The van der Waals surface area contributed by atoms with Gasteiger partial charge in [-0.25, -0.2) is 4.79 Å². The minimum absolute atomic E-state index is 0.221. The second-order valence-electron chi connectivity index (χ2n) is 7.78. The molecule has 3 rings (SSSR count). The van der Waals surface area contributed by atoms with Crippen molar-refractivity contribution >= 4 is 17.6 Å². The number of esters is 1. The number of hydrogen-bond acceptors (Lipinski definition) is 5. The number of anilines is 1. The minimum atomic E-state index is -0.680. The SMILES string of the molecule is COc1ccccc1C(=O)Nc1cc(Oc2ccccc2)ccc1C(=O)OC(C)(C)C. The summed E-state index contributed by atoms with van der Waals surface area (Å²) in [5.74, 6) is 0.562. The summed E-state index contributed by atoms with van der Waals surface area (Å²) in [7, 11) is 1.49. The normalized spacial score (nSPS) is 10.8. The number of carbonyl (C=O) groups excluding carboxylic acids is 2. The van der Waals surface area contributed by atoms with Crippen LogP contribution in [-0.4, -0.2) is 24.6 Å². The number of carbonyl (C=O) groups is 2. The summed E-state index contributed by atoms with van der Waals surface area (Å²) in [6.07, 6.45) is 0. The van der Waals surface area contributed by atoms with Crippen molar-refractivity contribution in [2.24, 2.45) is 0 Å². The highest BCUT2D eigenvalue weighted by Gasteiger charge is 2.23. The van der Waals surface area contributed by atoms with Gasteiger partial charge in [0.15, 0.2) is 0 Å². The Hall–Kier alpha value is -3.80. The van der Waals surface area contributed by atoms with E-state index in [1.54, 1.807) is 63.2 Å². The number of rotatable bonds is 6. The molecule has 0 aromatic heterocycles. The zero-order chi connectivity index (χ0) is 22.4. The number of amides is 1. The molecule has 3 aromatic rings. The molecule has 0 fully saturated rings. The lowest BCUT2D eigenvalue weighted by atomic mass is 10.1. The van der Waals surface area contributed by atoms with Gasteiger partial charge in [-0.2, -0.15) is 0 Å². The lowest BCUT2D eigenvalue weighted by Gasteiger charge is -2.21. The molecule has 1 amide bonds. The molecule has 1 N–H and O–H groups in total. The van der Waals surface area contributed by atoms with Crippen LogP contribution in [0, 0.1) is 0 Å². The standard InChI is InChI=1S/C25H25NO5/c1-25(2,3)31-24(28)19-15-14-18(30-17-10-6-5-7-11-17)16-21(19)26-23(27)20-12-8-9-13-22(20)29-4/h5-16H,1-4H3,(H,26,27). The summed E-state index contributed by atoms with van der Waals surface area (Å²) in [5, 5.41) is 2.79. The average molecular weight is 419 g/mol. The van der Waals surface area contributed by atoms with Crippen LogP contribution < -0.4 is 14.8 Å². The van der Waals surface area contributed by atoms with Crippen molar-refractivity contribution in [2.75, 3.05) is 12.4 Å². The highest BCUT2D eigenvalue weighted by atomic mass is 16.6. The Morgan fingerprint density at radius 2 is 1.48 bits per heavy atom. The second kappa shape index (κ2) is 9.34. The van der Waals surface area contributed by atoms with Crippen molar-refractivity contribution in [3.63, 3.8) is 0 Å². The highest BCUT2D eigenvalue weighted by Crippen LogP contribution is 2.29. The van der Waals surface area contributed by atoms with Gasteiger partial charge in [0.2, 0.25) is 0 Å². The molecule has 0 unspecified atom stereocenters. The fourth-order valence-electron chi connectivity index (χ4n) is 2.85. The van der Waals surface area contributed by atoms with E-state index in [1.165, 1.54) is 7.11 Å². The second-order valence-corrected chi connectivity index (χ2v) is 7.78. The van der Waals surface area contributed by atoms with Crippen LogP contribution in [0.1, 0.15) is 41.5 Å². The first-order valence-corrected chi connectivity index (χ1v) is 9.81. The molecule has 0 radical (unpaired) electrons. The van der Waals surface area contributed by atoms with E-state index in [2.05, 4.69) is 5.32 Å². The van der Waals surface area contributed by atoms with E-state index in [1.807, 2.05) is 30.3 Å². The molecule has 0 atom stereocenters. The lowest BCUT2D eigenvalue weighted by Crippen LogP contribution is -2.25. The van der Waals surface area contributed by atoms with Gasteiger partial charge in [0, 0.05) is 6.07 Å². The molecule has 6 heteroatoms. The van der Waals surface area contributed by atoms with E-state index in [4.69, 9.17) is 14.2 Å². The topological polar surface area (TPSA) is 73.9 Å². The Labute approximate surface area is 181 Å². The maximum atomic E-state index is 12.9. The number of benzene rings is 3. The molecule has 0 saturated heterocycles. The number of methoxy groups -OCH3 is 1. The fourth-order valence-corrected chi connectivity index (χ4v) is 2.85. The maximum absolute atomic E-state index is 12.9. The van der Waals surface area contributed by atoms with Gasteiger partial charge in [-0.15, -0.1) is 0 Å². The van der Waals surface area contributed by atoms with E-state index < -0.39 is 17.5 Å². The zero-order valence-corrected chi connectivity index (χ0v) is 18.0. The molecular weight excluding hydrogens is 394 g/mol. The van der Waals surface area contributed by atoms with Gasteiger partial charge in [0.25, 0.3) is 5.91 Å². The molecule has 0 aliphatic rings. The van der Waals surface area contributed by atoms with Gasteiger partial charge < -0.3 is 19.5 Å². The third-order valence-corrected chi connectivity index (χ3v) is 4.19. The summed E-state index contributed by atoms with van der Waals surface area (Å²) >= 11 is 0. The Kier molecular flexibility index (Phi) is 6.60. The van der Waals surface area contributed by atoms with Crippen LogP contribution in [0.3, 0.4) is 0 Å². The molecule has 0 spiro atoms. The highest BCUT2D eigenvalue weighted by molar-refractivity contribution is 6.09. The Morgan fingerprint density at radius 3 is 2.16 bits per heavy atom. The predicted octanol–water partition coefficient (Wildman–Crippen LogP) is 5.70. The third-order valence-electron chi connectivity index (χ3n) is 4.19. The van der Waals surface area contributed by atoms with Gasteiger partial charge in [-0.3, -0.25) is 4.79 Å². The summed E-state index contributed by atoms with van der Waals surface area (Å²) in [4.78, 5) is 25.7. The number of hydrogen-bond donors (Lipinski definition) is 1. The van der Waals surface area contributed by atoms with Gasteiger partial charge in [-0.05, 0) is 57.2 Å².